The number of nitrogens with zero attached hydrogens (tertiary/aromatic N) is 4. The van der Waals surface area contributed by atoms with Gasteiger partial charge in [-0.15, -0.1) is 0 Å². The van der Waals surface area contributed by atoms with E-state index in [0.717, 1.165) is 37.1 Å². The van der Waals surface area contributed by atoms with E-state index in [1.54, 1.807) is 0 Å². The molecule has 1 aliphatic heterocycles. The van der Waals surface area contributed by atoms with Crippen molar-refractivity contribution in [1.29, 1.82) is 5.26 Å². The second-order valence-electron chi connectivity index (χ2n) is 6.01. The highest BCUT2D eigenvalue weighted by atomic mass is 15.3. The van der Waals surface area contributed by atoms with Crippen LogP contribution < -0.4 is 0 Å². The van der Waals surface area contributed by atoms with Crippen molar-refractivity contribution >= 4 is 10.9 Å². The summed E-state index contributed by atoms with van der Waals surface area (Å²) in [6.07, 6.45) is 4.23. The summed E-state index contributed by atoms with van der Waals surface area (Å²) in [5.74, 6) is 0.425. The highest BCUT2D eigenvalue weighted by Crippen LogP contribution is 2.33. The smallest absolute Gasteiger partial charge is 0.179 e. The third kappa shape index (κ3) is 2.44. The minimum Gasteiger partial charge on any atom is -0.311 e. The molecule has 0 radical (unpaired) electrons. The van der Waals surface area contributed by atoms with Crippen LogP contribution in [-0.4, -0.2) is 27.8 Å². The molecule has 0 amide bonds. The van der Waals surface area contributed by atoms with Gasteiger partial charge in [-0.05, 0) is 31.0 Å². The Bertz CT molecular complexity index is 852. The molecular formula is C19H18N4. The van der Waals surface area contributed by atoms with Gasteiger partial charge in [-0.2, -0.15) is 10.4 Å². The summed E-state index contributed by atoms with van der Waals surface area (Å²) in [6, 6.07) is 18.7. The molecule has 0 N–H and O–H groups in total. The summed E-state index contributed by atoms with van der Waals surface area (Å²) in [6.45, 7) is 1.65. The largest absolute Gasteiger partial charge is 0.311 e. The van der Waals surface area contributed by atoms with Crippen LogP contribution in [0.25, 0.3) is 16.6 Å². The van der Waals surface area contributed by atoms with Gasteiger partial charge in [0.15, 0.2) is 6.19 Å². The zero-order valence-electron chi connectivity index (χ0n) is 12.9. The molecule has 1 aromatic heterocycles. The van der Waals surface area contributed by atoms with E-state index in [4.69, 9.17) is 10.4 Å². The molecule has 4 nitrogen and oxygen atoms in total. The molecule has 23 heavy (non-hydrogen) atoms. The third-order valence-corrected chi connectivity index (χ3v) is 4.64. The predicted molar refractivity (Wildman–Crippen MR) is 90.2 cm³/mol. The summed E-state index contributed by atoms with van der Waals surface area (Å²) in [7, 11) is 0. The van der Waals surface area contributed by atoms with Gasteiger partial charge < -0.3 is 4.90 Å². The Balaban J connectivity index is 1.78. The SMILES string of the molecule is N#CN1CCC(c2nn(-c3ccccc3)c3ccccc23)CC1. The van der Waals surface area contributed by atoms with Crippen molar-refractivity contribution in [2.24, 2.45) is 0 Å². The first-order valence-corrected chi connectivity index (χ1v) is 8.04. The molecule has 114 valence electrons. The summed E-state index contributed by atoms with van der Waals surface area (Å²) in [4.78, 5) is 1.84. The zero-order chi connectivity index (χ0) is 15.6. The minimum absolute atomic E-state index is 0.425. The van der Waals surface area contributed by atoms with Gasteiger partial charge in [0.1, 0.15) is 0 Å². The maximum atomic E-state index is 9.03. The maximum Gasteiger partial charge on any atom is 0.179 e. The van der Waals surface area contributed by atoms with Gasteiger partial charge in [-0.1, -0.05) is 36.4 Å². The van der Waals surface area contributed by atoms with Crippen molar-refractivity contribution in [3.63, 3.8) is 0 Å². The van der Waals surface area contributed by atoms with Gasteiger partial charge in [0.05, 0.1) is 16.9 Å². The van der Waals surface area contributed by atoms with E-state index < -0.39 is 0 Å². The standard InChI is InChI=1S/C19H18N4/c20-14-22-12-10-15(11-13-22)19-17-8-4-5-9-18(17)23(21-19)16-6-2-1-3-7-16/h1-9,15H,10-13H2. The molecule has 0 aliphatic carbocycles. The summed E-state index contributed by atoms with van der Waals surface area (Å²) in [5, 5.41) is 15.2. The van der Waals surface area contributed by atoms with Crippen molar-refractivity contribution in [1.82, 2.24) is 14.7 Å². The number of rotatable bonds is 2. The Morgan fingerprint density at radius 1 is 0.957 bits per heavy atom. The van der Waals surface area contributed by atoms with Crippen LogP contribution in [0.3, 0.4) is 0 Å². The fourth-order valence-corrected chi connectivity index (χ4v) is 3.41. The topological polar surface area (TPSA) is 44.9 Å². The lowest BCUT2D eigenvalue weighted by atomic mass is 9.92. The van der Waals surface area contributed by atoms with Crippen LogP contribution in [0, 0.1) is 11.5 Å². The van der Waals surface area contributed by atoms with Crippen LogP contribution in [0.1, 0.15) is 24.5 Å². The number of fused-ring (bicyclic) bond motifs is 1. The molecule has 0 bridgehead atoms. The summed E-state index contributed by atoms with van der Waals surface area (Å²) >= 11 is 0. The molecule has 0 spiro atoms. The molecule has 0 saturated carbocycles. The fraction of sp³-hybridized carbons (Fsp3) is 0.263. The Hall–Kier alpha value is -2.80. The van der Waals surface area contributed by atoms with E-state index in [-0.39, 0.29) is 0 Å². The summed E-state index contributed by atoms with van der Waals surface area (Å²) < 4.78 is 2.04. The van der Waals surface area contributed by atoms with Crippen molar-refractivity contribution < 1.29 is 0 Å². The Morgan fingerprint density at radius 2 is 1.65 bits per heavy atom. The Morgan fingerprint density at radius 3 is 2.39 bits per heavy atom. The average Bonchev–Trinajstić information content (AvgIpc) is 3.02. The number of aromatic nitrogens is 2. The maximum absolute atomic E-state index is 9.03. The van der Waals surface area contributed by atoms with Crippen LogP contribution in [0.2, 0.25) is 0 Å². The van der Waals surface area contributed by atoms with Gasteiger partial charge in [0.2, 0.25) is 0 Å². The molecule has 2 aromatic carbocycles. The van der Waals surface area contributed by atoms with Gasteiger partial charge in [-0.25, -0.2) is 4.68 Å². The van der Waals surface area contributed by atoms with Crippen LogP contribution in [0.5, 0.6) is 0 Å². The Kier molecular flexibility index (Phi) is 3.47. The lowest BCUT2D eigenvalue weighted by Crippen LogP contribution is -2.29. The van der Waals surface area contributed by atoms with Crippen LogP contribution in [0.15, 0.2) is 54.6 Å². The van der Waals surface area contributed by atoms with E-state index in [1.165, 1.54) is 11.1 Å². The van der Waals surface area contributed by atoms with Gasteiger partial charge in [0.25, 0.3) is 0 Å². The number of likely N-dealkylation sites (tertiary alicyclic amines) is 1. The number of nitriles is 1. The summed E-state index contributed by atoms with van der Waals surface area (Å²) in [5.41, 5.74) is 3.41. The average molecular weight is 302 g/mol. The lowest BCUT2D eigenvalue weighted by Gasteiger charge is -2.27. The monoisotopic (exact) mass is 302 g/mol. The molecule has 4 rings (SSSR count). The van der Waals surface area contributed by atoms with Gasteiger partial charge >= 0.3 is 0 Å². The second kappa shape index (κ2) is 5.77. The van der Waals surface area contributed by atoms with E-state index in [2.05, 4.69) is 42.6 Å². The molecule has 0 atom stereocenters. The van der Waals surface area contributed by atoms with E-state index >= 15 is 0 Å². The van der Waals surface area contributed by atoms with Crippen molar-refractivity contribution in [2.45, 2.75) is 18.8 Å². The Labute approximate surface area is 135 Å². The number of para-hydroxylation sites is 2. The second-order valence-corrected chi connectivity index (χ2v) is 6.01. The highest BCUT2D eigenvalue weighted by molar-refractivity contribution is 5.84. The molecule has 2 heterocycles. The number of hydrogen-bond donors (Lipinski definition) is 0. The van der Waals surface area contributed by atoms with Crippen molar-refractivity contribution in [3.8, 4) is 11.9 Å². The van der Waals surface area contributed by atoms with E-state index in [0.29, 0.717) is 5.92 Å². The number of benzene rings is 2. The molecule has 4 heteroatoms. The van der Waals surface area contributed by atoms with E-state index in [9.17, 15) is 0 Å². The van der Waals surface area contributed by atoms with Gasteiger partial charge in [-0.3, -0.25) is 0 Å². The number of piperidine rings is 1. The number of hydrogen-bond acceptors (Lipinski definition) is 3. The van der Waals surface area contributed by atoms with E-state index in [1.807, 2.05) is 27.8 Å². The van der Waals surface area contributed by atoms with Crippen LogP contribution in [-0.2, 0) is 0 Å². The quantitative estimate of drug-likeness (QED) is 0.678. The molecule has 3 aromatic rings. The predicted octanol–water partition coefficient (Wildman–Crippen LogP) is 3.69. The molecule has 0 unspecified atom stereocenters. The highest BCUT2D eigenvalue weighted by Gasteiger charge is 2.24. The first-order chi connectivity index (χ1) is 11.4. The van der Waals surface area contributed by atoms with Crippen LogP contribution >= 0.6 is 0 Å². The minimum atomic E-state index is 0.425. The molecule has 1 saturated heterocycles. The van der Waals surface area contributed by atoms with Crippen molar-refractivity contribution in [3.05, 3.63) is 60.3 Å². The van der Waals surface area contributed by atoms with Crippen LogP contribution in [0.4, 0.5) is 0 Å². The first kappa shape index (κ1) is 13.8. The van der Waals surface area contributed by atoms with Gasteiger partial charge in [0, 0.05) is 24.4 Å². The molecule has 1 aliphatic rings. The fourth-order valence-electron chi connectivity index (χ4n) is 3.41. The molecular weight excluding hydrogens is 284 g/mol. The zero-order valence-corrected chi connectivity index (χ0v) is 12.9. The first-order valence-electron chi connectivity index (χ1n) is 8.04. The van der Waals surface area contributed by atoms with Crippen molar-refractivity contribution in [2.75, 3.05) is 13.1 Å². The lowest BCUT2D eigenvalue weighted by molar-refractivity contribution is 0.293. The third-order valence-electron chi connectivity index (χ3n) is 4.64. The molecule has 1 fully saturated rings. The normalized spacial score (nSPS) is 15.7.